The van der Waals surface area contributed by atoms with Gasteiger partial charge in [-0.3, -0.25) is 4.79 Å². The number of carbonyl (C=O) groups excluding carboxylic acids is 1. The Morgan fingerprint density at radius 2 is 2.26 bits per heavy atom. The average Bonchev–Trinajstić information content (AvgIpc) is 3.08. The van der Waals surface area contributed by atoms with Gasteiger partial charge in [-0.2, -0.15) is 0 Å². The van der Waals surface area contributed by atoms with Crippen molar-refractivity contribution in [1.29, 1.82) is 0 Å². The summed E-state index contributed by atoms with van der Waals surface area (Å²) in [5, 5.41) is 3.99. The second-order valence-electron chi connectivity index (χ2n) is 7.16. The summed E-state index contributed by atoms with van der Waals surface area (Å²) in [5.41, 5.74) is 1.89. The summed E-state index contributed by atoms with van der Waals surface area (Å²) < 4.78 is 0. The molecule has 1 aliphatic rings. The molecule has 0 saturated carbocycles. The van der Waals surface area contributed by atoms with Crippen molar-refractivity contribution in [2.24, 2.45) is 0 Å². The van der Waals surface area contributed by atoms with E-state index in [1.807, 2.05) is 13.0 Å². The number of hydrogen-bond donors (Lipinski definition) is 1. The van der Waals surface area contributed by atoms with Crippen LogP contribution in [0.4, 0.5) is 0 Å². The molecule has 4 nitrogen and oxygen atoms in total. The molecule has 3 rings (SSSR count). The van der Waals surface area contributed by atoms with Gasteiger partial charge in [0.25, 0.3) is 5.91 Å². The number of nitrogens with one attached hydrogen (secondary N) is 1. The van der Waals surface area contributed by atoms with Crippen LogP contribution < -0.4 is 5.32 Å². The molecule has 27 heavy (non-hydrogen) atoms. The second-order valence-corrected chi connectivity index (χ2v) is 9.03. The van der Waals surface area contributed by atoms with E-state index >= 15 is 0 Å². The Kier molecular flexibility index (Phi) is 7.33. The fourth-order valence-corrected chi connectivity index (χ4v) is 4.98. The van der Waals surface area contributed by atoms with Gasteiger partial charge in [0.15, 0.2) is 0 Å². The molecule has 1 aliphatic heterocycles. The van der Waals surface area contributed by atoms with Crippen LogP contribution in [0.25, 0.3) is 10.6 Å². The zero-order valence-electron chi connectivity index (χ0n) is 16.5. The summed E-state index contributed by atoms with van der Waals surface area (Å²) in [5.74, 6) is 0.00367. The Balaban J connectivity index is 1.54. The minimum Gasteiger partial charge on any atom is -0.351 e. The molecular weight excluding hydrogens is 374 g/mol. The molecular formula is C21H29N3OS2. The maximum atomic E-state index is 12.6. The van der Waals surface area contributed by atoms with E-state index in [1.54, 1.807) is 11.8 Å². The maximum Gasteiger partial charge on any atom is 0.263 e. The number of carbonyl (C=O) groups is 1. The molecule has 1 fully saturated rings. The number of aryl methyl sites for hydroxylation is 1. The largest absolute Gasteiger partial charge is 0.351 e. The fourth-order valence-electron chi connectivity index (χ4n) is 3.54. The lowest BCUT2D eigenvalue weighted by Gasteiger charge is -2.33. The van der Waals surface area contributed by atoms with E-state index < -0.39 is 0 Å². The standard InChI is InChI=1S/C21H29N3OS2/c1-15-8-4-5-12-24(15)13-7-11-22-20(25)19-16(2)23-21(27-19)17-9-6-10-18(14-17)26-3/h6,9-10,14-15H,4-5,7-8,11-13H2,1-3H3,(H,22,25). The first-order valence-corrected chi connectivity index (χ1v) is 11.8. The zero-order chi connectivity index (χ0) is 19.2. The molecule has 1 amide bonds. The third-order valence-corrected chi connectivity index (χ3v) is 7.10. The molecule has 1 aromatic carbocycles. The minimum absolute atomic E-state index is 0.00367. The highest BCUT2D eigenvalue weighted by atomic mass is 32.2. The number of aromatic nitrogens is 1. The van der Waals surface area contributed by atoms with Gasteiger partial charge in [-0.25, -0.2) is 4.98 Å². The Bertz CT molecular complexity index is 775. The fraction of sp³-hybridized carbons (Fsp3) is 0.524. The monoisotopic (exact) mass is 403 g/mol. The number of likely N-dealkylation sites (tertiary alicyclic amines) is 1. The molecule has 1 N–H and O–H groups in total. The molecule has 0 spiro atoms. The van der Waals surface area contributed by atoms with Crippen LogP contribution in [-0.4, -0.2) is 47.7 Å². The van der Waals surface area contributed by atoms with E-state index in [2.05, 4.69) is 46.6 Å². The number of amides is 1. The predicted molar refractivity (Wildman–Crippen MR) is 116 cm³/mol. The van der Waals surface area contributed by atoms with Crippen LogP contribution in [0, 0.1) is 6.92 Å². The van der Waals surface area contributed by atoms with Gasteiger partial charge in [-0.05, 0) is 58.0 Å². The van der Waals surface area contributed by atoms with E-state index in [4.69, 9.17) is 0 Å². The molecule has 2 aromatic rings. The topological polar surface area (TPSA) is 45.2 Å². The Labute approximate surface area is 170 Å². The van der Waals surface area contributed by atoms with Crippen molar-refractivity contribution in [1.82, 2.24) is 15.2 Å². The van der Waals surface area contributed by atoms with E-state index in [-0.39, 0.29) is 5.91 Å². The highest BCUT2D eigenvalue weighted by molar-refractivity contribution is 7.98. The van der Waals surface area contributed by atoms with Gasteiger partial charge in [-0.15, -0.1) is 23.1 Å². The first kappa shape index (κ1) is 20.4. The summed E-state index contributed by atoms with van der Waals surface area (Å²) in [6, 6.07) is 8.99. The van der Waals surface area contributed by atoms with Crippen LogP contribution in [0.2, 0.25) is 0 Å². The summed E-state index contributed by atoms with van der Waals surface area (Å²) in [4.78, 5) is 21.7. The lowest BCUT2D eigenvalue weighted by atomic mass is 10.0. The number of hydrogen-bond acceptors (Lipinski definition) is 5. The SMILES string of the molecule is CSc1cccc(-c2nc(C)c(C(=O)NCCCN3CCCCC3C)s2)c1. The molecule has 2 heterocycles. The van der Waals surface area contributed by atoms with Crippen molar-refractivity contribution in [2.75, 3.05) is 25.9 Å². The van der Waals surface area contributed by atoms with Gasteiger partial charge in [-0.1, -0.05) is 18.6 Å². The molecule has 1 atom stereocenters. The number of rotatable bonds is 7. The summed E-state index contributed by atoms with van der Waals surface area (Å²) >= 11 is 3.20. The third kappa shape index (κ3) is 5.33. The third-order valence-electron chi connectivity index (χ3n) is 5.17. The quantitative estimate of drug-likeness (QED) is 0.531. The molecule has 146 valence electrons. The number of nitrogens with zero attached hydrogens (tertiary/aromatic N) is 2. The van der Waals surface area contributed by atoms with E-state index in [0.717, 1.165) is 40.7 Å². The zero-order valence-corrected chi connectivity index (χ0v) is 18.1. The highest BCUT2D eigenvalue weighted by Crippen LogP contribution is 2.30. The van der Waals surface area contributed by atoms with Gasteiger partial charge in [0.1, 0.15) is 9.88 Å². The minimum atomic E-state index is 0.00367. The van der Waals surface area contributed by atoms with E-state index in [9.17, 15) is 4.79 Å². The molecule has 1 unspecified atom stereocenters. The van der Waals surface area contributed by atoms with Gasteiger partial charge >= 0.3 is 0 Å². The molecule has 1 saturated heterocycles. The van der Waals surface area contributed by atoms with Crippen molar-refractivity contribution in [3.63, 3.8) is 0 Å². The summed E-state index contributed by atoms with van der Waals surface area (Å²) in [6.07, 6.45) is 7.01. The van der Waals surface area contributed by atoms with Crippen LogP contribution in [-0.2, 0) is 0 Å². The maximum absolute atomic E-state index is 12.6. The average molecular weight is 404 g/mol. The first-order valence-electron chi connectivity index (χ1n) is 9.72. The Morgan fingerprint density at radius 3 is 3.04 bits per heavy atom. The Morgan fingerprint density at radius 1 is 1.41 bits per heavy atom. The molecule has 0 aliphatic carbocycles. The second kappa shape index (κ2) is 9.71. The summed E-state index contributed by atoms with van der Waals surface area (Å²) in [7, 11) is 0. The number of piperidine rings is 1. The molecule has 6 heteroatoms. The molecule has 0 bridgehead atoms. The van der Waals surface area contributed by atoms with Crippen molar-refractivity contribution in [3.05, 3.63) is 34.8 Å². The van der Waals surface area contributed by atoms with Gasteiger partial charge < -0.3 is 10.2 Å². The molecule has 1 aromatic heterocycles. The Hall–Kier alpha value is -1.37. The number of thiazole rings is 1. The van der Waals surface area contributed by atoms with Crippen molar-refractivity contribution >= 4 is 29.0 Å². The number of benzene rings is 1. The lowest BCUT2D eigenvalue weighted by Crippen LogP contribution is -2.39. The lowest BCUT2D eigenvalue weighted by molar-refractivity contribution is 0.0952. The van der Waals surface area contributed by atoms with Crippen LogP contribution in [0.3, 0.4) is 0 Å². The smallest absolute Gasteiger partial charge is 0.263 e. The normalized spacial score (nSPS) is 17.8. The molecule has 0 radical (unpaired) electrons. The van der Waals surface area contributed by atoms with Crippen LogP contribution in [0.1, 0.15) is 48.0 Å². The first-order chi connectivity index (χ1) is 13.1. The van der Waals surface area contributed by atoms with Crippen molar-refractivity contribution in [3.8, 4) is 10.6 Å². The van der Waals surface area contributed by atoms with Gasteiger partial charge in [0.05, 0.1) is 5.69 Å². The van der Waals surface area contributed by atoms with Crippen molar-refractivity contribution in [2.45, 2.75) is 50.5 Å². The highest BCUT2D eigenvalue weighted by Gasteiger charge is 2.18. The van der Waals surface area contributed by atoms with Crippen LogP contribution in [0.15, 0.2) is 29.2 Å². The van der Waals surface area contributed by atoms with Crippen molar-refractivity contribution < 1.29 is 4.79 Å². The predicted octanol–water partition coefficient (Wildman–Crippen LogP) is 4.83. The van der Waals surface area contributed by atoms with E-state index in [1.165, 1.54) is 42.0 Å². The van der Waals surface area contributed by atoms with Gasteiger partial charge in [0, 0.05) is 29.6 Å². The van der Waals surface area contributed by atoms with Gasteiger partial charge in [0.2, 0.25) is 0 Å². The van der Waals surface area contributed by atoms with Crippen LogP contribution in [0.5, 0.6) is 0 Å². The van der Waals surface area contributed by atoms with E-state index in [0.29, 0.717) is 6.04 Å². The summed E-state index contributed by atoms with van der Waals surface area (Å²) in [6.45, 7) is 7.21. The van der Waals surface area contributed by atoms with Crippen LogP contribution >= 0.6 is 23.1 Å². The number of thioether (sulfide) groups is 1.